The number of hydrazine groups is 1. The fourth-order valence-corrected chi connectivity index (χ4v) is 5.10. The smallest absolute Gasteiger partial charge is 0.267 e. The Morgan fingerprint density at radius 3 is 3.00 bits per heavy atom. The summed E-state index contributed by atoms with van der Waals surface area (Å²) in [4.78, 5) is 13.6. The fraction of sp³-hybridized carbons (Fsp3) is 0.154. The Kier molecular flexibility index (Phi) is 6.36. The number of rotatable bonds is 2. The molecule has 1 aromatic carbocycles. The van der Waals surface area contributed by atoms with E-state index in [-0.39, 0.29) is 11.9 Å². The number of nitrogens with one attached hydrogen (secondary N) is 4. The molecule has 1 amide bonds. The quantitative estimate of drug-likeness (QED) is 0.575. The highest BCUT2D eigenvalue weighted by atomic mass is 32.3. The Morgan fingerprint density at radius 2 is 2.13 bits per heavy atom. The van der Waals surface area contributed by atoms with E-state index in [2.05, 4.69) is 24.5 Å². The summed E-state index contributed by atoms with van der Waals surface area (Å²) in [5.74, 6) is -0.134. The van der Waals surface area contributed by atoms with Gasteiger partial charge in [0.25, 0.3) is 5.91 Å². The number of aryl methyl sites for hydroxylation is 1. The molecule has 0 spiro atoms. The van der Waals surface area contributed by atoms with Gasteiger partial charge in [0.05, 0.1) is 18.2 Å². The summed E-state index contributed by atoms with van der Waals surface area (Å²) in [7, 11) is 0. The highest BCUT2D eigenvalue weighted by Crippen LogP contribution is 2.32. The Bertz CT molecular complexity index is 639. The molecular formula is C13H15N5OS4. The van der Waals surface area contributed by atoms with E-state index in [1.165, 1.54) is 48.3 Å². The molecule has 1 fully saturated rings. The van der Waals surface area contributed by atoms with E-state index in [4.69, 9.17) is 0 Å². The first-order chi connectivity index (χ1) is 11.2. The van der Waals surface area contributed by atoms with Gasteiger partial charge in [-0.2, -0.15) is 8.25 Å². The van der Waals surface area contributed by atoms with Crippen LogP contribution in [-0.4, -0.2) is 15.8 Å². The Morgan fingerprint density at radius 1 is 1.26 bits per heavy atom. The predicted molar refractivity (Wildman–Crippen MR) is 101 cm³/mol. The van der Waals surface area contributed by atoms with Crippen molar-refractivity contribution >= 4 is 54.3 Å². The molecule has 1 aromatic rings. The third-order valence-electron chi connectivity index (χ3n) is 3.07. The fourth-order valence-electron chi connectivity index (χ4n) is 1.95. The average Bonchev–Trinajstić information content (AvgIpc) is 2.98. The lowest BCUT2D eigenvalue weighted by molar-refractivity contribution is 0.0922. The van der Waals surface area contributed by atoms with Crippen LogP contribution < -0.4 is 18.4 Å². The molecule has 0 unspecified atom stereocenters. The lowest BCUT2D eigenvalue weighted by atomic mass is 10.1. The first-order valence-corrected chi connectivity index (χ1v) is 9.89. The van der Waals surface area contributed by atoms with Crippen LogP contribution in [0, 0.1) is 6.92 Å². The van der Waals surface area contributed by atoms with E-state index in [1.54, 1.807) is 3.82 Å². The van der Waals surface area contributed by atoms with Crippen molar-refractivity contribution in [3.63, 3.8) is 0 Å². The van der Waals surface area contributed by atoms with Gasteiger partial charge in [0.15, 0.2) is 0 Å². The first kappa shape index (κ1) is 17.2. The van der Waals surface area contributed by atoms with Crippen LogP contribution >= 0.6 is 48.3 Å². The van der Waals surface area contributed by atoms with Crippen molar-refractivity contribution in [2.75, 3.05) is 0 Å². The van der Waals surface area contributed by atoms with E-state index in [0.717, 1.165) is 10.5 Å². The summed E-state index contributed by atoms with van der Waals surface area (Å²) in [6.07, 6.45) is 6.11. The lowest BCUT2D eigenvalue weighted by Crippen LogP contribution is -2.36. The molecule has 3 rings (SSSR count). The van der Waals surface area contributed by atoms with Crippen LogP contribution in [0.4, 0.5) is 0 Å². The van der Waals surface area contributed by atoms with Crippen molar-refractivity contribution in [3.05, 3.63) is 58.5 Å². The number of fused-ring (bicyclic) bond motifs is 1. The van der Waals surface area contributed by atoms with Crippen LogP contribution in [0.15, 0.2) is 47.4 Å². The van der Waals surface area contributed by atoms with Crippen LogP contribution in [-0.2, 0) is 0 Å². The zero-order valence-electron chi connectivity index (χ0n) is 12.1. The first-order valence-electron chi connectivity index (χ1n) is 6.71. The van der Waals surface area contributed by atoms with Gasteiger partial charge >= 0.3 is 0 Å². The number of carbonyl (C=O) groups excluding carboxylic acids is 1. The summed E-state index contributed by atoms with van der Waals surface area (Å²) in [6, 6.07) is 7.66. The van der Waals surface area contributed by atoms with Gasteiger partial charge in [0.1, 0.15) is 0 Å². The van der Waals surface area contributed by atoms with Crippen LogP contribution in [0.2, 0.25) is 0 Å². The maximum atomic E-state index is 12.5. The molecular weight excluding hydrogens is 370 g/mol. The van der Waals surface area contributed by atoms with Gasteiger partial charge in [-0.15, -0.1) is 0 Å². The lowest BCUT2D eigenvalue weighted by Gasteiger charge is -2.24. The molecule has 1 atom stereocenters. The number of hydrogen-bond donors (Lipinski definition) is 4. The maximum absolute atomic E-state index is 12.5. The van der Waals surface area contributed by atoms with Crippen molar-refractivity contribution in [2.45, 2.75) is 13.0 Å². The zero-order valence-corrected chi connectivity index (χ0v) is 15.4. The largest absolute Gasteiger partial charge is 0.268 e. The van der Waals surface area contributed by atoms with Gasteiger partial charge in [-0.1, -0.05) is 34.2 Å². The molecule has 23 heavy (non-hydrogen) atoms. The van der Waals surface area contributed by atoms with Crippen LogP contribution in [0.1, 0.15) is 15.9 Å². The van der Waals surface area contributed by atoms with Gasteiger partial charge < -0.3 is 0 Å². The molecule has 0 radical (unpaired) electrons. The highest BCUT2D eigenvalue weighted by Gasteiger charge is 2.22. The average molecular weight is 386 g/mol. The van der Waals surface area contributed by atoms with Crippen molar-refractivity contribution in [2.24, 2.45) is 0 Å². The monoisotopic (exact) mass is 385 g/mol. The van der Waals surface area contributed by atoms with Crippen molar-refractivity contribution in [3.8, 4) is 0 Å². The molecule has 1 heterocycles. The Balaban J connectivity index is 1.69. The van der Waals surface area contributed by atoms with Gasteiger partial charge in [0, 0.05) is 34.7 Å². The molecule has 10 heteroatoms. The molecule has 4 N–H and O–H groups in total. The summed E-state index contributed by atoms with van der Waals surface area (Å²) >= 11 is 5.52. The molecule has 122 valence electrons. The second-order valence-corrected chi connectivity index (χ2v) is 8.39. The predicted octanol–water partition coefficient (Wildman–Crippen LogP) is 2.88. The minimum absolute atomic E-state index is 0.120. The number of nitrogens with zero attached hydrogens (tertiary/aromatic N) is 1. The van der Waals surface area contributed by atoms with Gasteiger partial charge in [0.2, 0.25) is 0 Å². The molecule has 0 aromatic heterocycles. The number of carbonyl (C=O) groups is 1. The van der Waals surface area contributed by atoms with Gasteiger partial charge in [-0.3, -0.25) is 10.2 Å². The normalized spacial score (nSPS) is 22.3. The van der Waals surface area contributed by atoms with Crippen molar-refractivity contribution < 1.29 is 4.79 Å². The minimum Gasteiger partial charge on any atom is -0.268 e. The Labute approximate surface area is 152 Å². The van der Waals surface area contributed by atoms with Crippen LogP contribution in [0.5, 0.6) is 0 Å². The van der Waals surface area contributed by atoms with Crippen LogP contribution in [0.25, 0.3) is 0 Å². The van der Waals surface area contributed by atoms with Crippen molar-refractivity contribution in [1.82, 2.24) is 22.2 Å². The van der Waals surface area contributed by atoms with E-state index < -0.39 is 0 Å². The number of amides is 1. The summed E-state index contributed by atoms with van der Waals surface area (Å²) in [5.41, 5.74) is 4.53. The van der Waals surface area contributed by atoms with E-state index in [1.807, 2.05) is 43.3 Å². The molecule has 0 bridgehead atoms. The Hall–Kier alpha value is -0.590. The maximum Gasteiger partial charge on any atom is 0.267 e. The third kappa shape index (κ3) is 4.70. The molecule has 6 nitrogen and oxygen atoms in total. The van der Waals surface area contributed by atoms with E-state index in [9.17, 15) is 4.79 Å². The molecule has 1 saturated heterocycles. The van der Waals surface area contributed by atoms with Gasteiger partial charge in [-0.25, -0.2) is 4.72 Å². The standard InChI is InChI=1S/C13H15N5OS4/c1-9-5-2-3-6-10(9)13(19)14-18-20-12-8-4-7-11(12)15-21-16-22-17-23-18/h2-8,11,15-17H,1H3,(H,14,19)/t11-/m1/s1. The number of allylic oxidation sites excluding steroid dienone is 2. The SMILES string of the molecule is Cc1ccccc1C(=O)NN1SNSNSN[C@@H]2C=CC=C2S1. The number of hydrogen-bond acceptors (Lipinski definition) is 9. The minimum atomic E-state index is -0.134. The second-order valence-electron chi connectivity index (χ2n) is 4.62. The number of benzene rings is 1. The highest BCUT2D eigenvalue weighted by molar-refractivity contribution is 8.21. The topological polar surface area (TPSA) is 68.4 Å². The molecule has 1 aliphatic carbocycles. The van der Waals surface area contributed by atoms with Gasteiger partial charge in [-0.05, 0) is 36.6 Å². The van der Waals surface area contributed by atoms with Crippen LogP contribution in [0.3, 0.4) is 0 Å². The summed E-state index contributed by atoms with van der Waals surface area (Å²) in [5, 5.41) is 0. The molecule has 1 aliphatic heterocycles. The summed E-state index contributed by atoms with van der Waals surface area (Å²) < 4.78 is 11.1. The summed E-state index contributed by atoms with van der Waals surface area (Å²) in [6.45, 7) is 1.93. The molecule has 2 aliphatic rings. The van der Waals surface area contributed by atoms with E-state index >= 15 is 0 Å². The second kappa shape index (κ2) is 8.49. The zero-order chi connectivity index (χ0) is 16.1. The molecule has 0 saturated carbocycles. The van der Waals surface area contributed by atoms with Crippen molar-refractivity contribution in [1.29, 1.82) is 0 Å². The third-order valence-corrected chi connectivity index (χ3v) is 6.30. The van der Waals surface area contributed by atoms with E-state index in [0.29, 0.717) is 5.56 Å².